The van der Waals surface area contributed by atoms with E-state index < -0.39 is 0 Å². The quantitative estimate of drug-likeness (QED) is 0.159. The van der Waals surface area contributed by atoms with Gasteiger partial charge in [0.1, 0.15) is 0 Å². The molecule has 0 fully saturated rings. The monoisotopic (exact) mass is 739 g/mol. The summed E-state index contributed by atoms with van der Waals surface area (Å²) in [6, 6.07) is 67.4. The predicted octanol–water partition coefficient (Wildman–Crippen LogP) is 14.3. The Morgan fingerprint density at radius 2 is 0.879 bits per heavy atom. The lowest BCUT2D eigenvalue weighted by atomic mass is 9.83. The highest BCUT2D eigenvalue weighted by Crippen LogP contribution is 2.47. The molecule has 0 saturated heterocycles. The molecule has 3 nitrogen and oxygen atoms in total. The van der Waals surface area contributed by atoms with Crippen molar-refractivity contribution < 1.29 is 0 Å². The Morgan fingerprint density at radius 1 is 0.345 bits per heavy atom. The normalized spacial score (nSPS) is 12.3. The minimum absolute atomic E-state index is 0.646. The molecular weight excluding hydrogens is 703 g/mol. The summed E-state index contributed by atoms with van der Waals surface area (Å²) >= 11 is 0. The van der Waals surface area contributed by atoms with Crippen molar-refractivity contribution in [1.29, 1.82) is 0 Å². The summed E-state index contributed by atoms with van der Waals surface area (Å²) < 4.78 is 0. The first-order chi connectivity index (χ1) is 28.7. The van der Waals surface area contributed by atoms with Crippen molar-refractivity contribution in [2.75, 3.05) is 0 Å². The molecule has 11 rings (SSSR count). The minimum atomic E-state index is 0.646. The molecule has 0 spiro atoms. The SMILES string of the molecule is C1=Cc2ccc(-c3c4ccccc4c(-c4cccc5ccccc45)c4cc(-c5ccc(-c6nc(-c7ccccc7)nc(-c7ccccc7)n6)cc5)ccc34)cc2CC1. The number of allylic oxidation sites excluding steroid dienone is 1. The Balaban J connectivity index is 1.10. The van der Waals surface area contributed by atoms with Crippen molar-refractivity contribution in [3.05, 3.63) is 205 Å². The molecule has 1 aromatic heterocycles. The molecule has 1 aliphatic carbocycles. The lowest BCUT2D eigenvalue weighted by Crippen LogP contribution is -2.00. The van der Waals surface area contributed by atoms with Crippen LogP contribution in [0.25, 0.3) is 106 Å². The van der Waals surface area contributed by atoms with Gasteiger partial charge in [-0.05, 0) is 95.7 Å². The highest BCUT2D eigenvalue weighted by Gasteiger charge is 2.20. The first-order valence-corrected chi connectivity index (χ1v) is 20.0. The van der Waals surface area contributed by atoms with Crippen LogP contribution >= 0.6 is 0 Å². The first-order valence-electron chi connectivity index (χ1n) is 20.0. The number of fused-ring (bicyclic) bond motifs is 4. The topological polar surface area (TPSA) is 38.7 Å². The van der Waals surface area contributed by atoms with Crippen molar-refractivity contribution in [1.82, 2.24) is 15.0 Å². The lowest BCUT2D eigenvalue weighted by Gasteiger charge is -2.21. The van der Waals surface area contributed by atoms with E-state index in [4.69, 9.17) is 15.0 Å². The molecule has 0 saturated carbocycles. The molecular formula is C55H37N3. The molecule has 0 atom stereocenters. The Hall–Kier alpha value is -7.49. The maximum Gasteiger partial charge on any atom is 0.164 e. The van der Waals surface area contributed by atoms with Crippen LogP contribution in [0, 0.1) is 0 Å². The van der Waals surface area contributed by atoms with Crippen molar-refractivity contribution in [2.45, 2.75) is 12.8 Å². The summed E-state index contributed by atoms with van der Waals surface area (Å²) in [5.41, 5.74) is 12.9. The van der Waals surface area contributed by atoms with Crippen LogP contribution in [-0.4, -0.2) is 15.0 Å². The third-order valence-electron chi connectivity index (χ3n) is 11.6. The van der Waals surface area contributed by atoms with E-state index in [0.29, 0.717) is 17.5 Å². The third kappa shape index (κ3) is 5.96. The van der Waals surface area contributed by atoms with E-state index in [9.17, 15) is 0 Å². The molecule has 1 heterocycles. The standard InChI is InChI=1S/C55H37N3/c1-3-16-39(17-4-1)53-56-54(40-18-5-2-6-19-40)58-55(57-53)41-29-26-37(27-30-41)43-32-33-49-50(35-43)52(46-25-13-21-38-15-9-10-22-45(38)46)48-24-12-11-23-47(48)51(49)44-31-28-36-14-7-8-20-42(36)34-44/h1-7,9-19,21-35H,8,20H2. The van der Waals surface area contributed by atoms with Gasteiger partial charge in [0.2, 0.25) is 0 Å². The smallest absolute Gasteiger partial charge is 0.164 e. The van der Waals surface area contributed by atoms with E-state index in [-0.39, 0.29) is 0 Å². The fraction of sp³-hybridized carbons (Fsp3) is 0.0364. The molecule has 0 radical (unpaired) electrons. The van der Waals surface area contributed by atoms with Gasteiger partial charge >= 0.3 is 0 Å². The van der Waals surface area contributed by atoms with Crippen LogP contribution in [0.5, 0.6) is 0 Å². The zero-order valence-electron chi connectivity index (χ0n) is 31.8. The largest absolute Gasteiger partial charge is 0.208 e. The van der Waals surface area contributed by atoms with Crippen LogP contribution in [0.2, 0.25) is 0 Å². The average Bonchev–Trinajstić information content (AvgIpc) is 3.31. The molecule has 272 valence electrons. The van der Waals surface area contributed by atoms with Crippen molar-refractivity contribution in [2.24, 2.45) is 0 Å². The van der Waals surface area contributed by atoms with Gasteiger partial charge in [0, 0.05) is 16.7 Å². The van der Waals surface area contributed by atoms with Crippen molar-refractivity contribution in [3.63, 3.8) is 0 Å². The minimum Gasteiger partial charge on any atom is -0.208 e. The average molecular weight is 740 g/mol. The summed E-state index contributed by atoms with van der Waals surface area (Å²) in [5.74, 6) is 1.96. The van der Waals surface area contributed by atoms with Crippen LogP contribution in [0.4, 0.5) is 0 Å². The number of aryl methyl sites for hydroxylation is 1. The second-order valence-electron chi connectivity index (χ2n) is 15.1. The Bertz CT molecular complexity index is 3140. The van der Waals surface area contributed by atoms with Crippen molar-refractivity contribution >= 4 is 38.4 Å². The summed E-state index contributed by atoms with van der Waals surface area (Å²) in [6.07, 6.45) is 6.70. The fourth-order valence-electron chi connectivity index (χ4n) is 8.74. The summed E-state index contributed by atoms with van der Waals surface area (Å²) in [7, 11) is 0. The molecule has 58 heavy (non-hydrogen) atoms. The van der Waals surface area contributed by atoms with Crippen LogP contribution < -0.4 is 0 Å². The molecule has 0 amide bonds. The summed E-state index contributed by atoms with van der Waals surface area (Å²) in [6.45, 7) is 0. The molecule has 0 aliphatic heterocycles. The van der Waals surface area contributed by atoms with Gasteiger partial charge in [0.05, 0.1) is 0 Å². The molecule has 1 aliphatic rings. The Kier molecular flexibility index (Phi) is 8.29. The van der Waals surface area contributed by atoms with Gasteiger partial charge in [-0.1, -0.05) is 194 Å². The molecule has 9 aromatic carbocycles. The van der Waals surface area contributed by atoms with E-state index in [2.05, 4.69) is 140 Å². The van der Waals surface area contributed by atoms with Gasteiger partial charge in [-0.25, -0.2) is 15.0 Å². The van der Waals surface area contributed by atoms with Gasteiger partial charge in [-0.2, -0.15) is 0 Å². The number of hydrogen-bond acceptors (Lipinski definition) is 3. The maximum absolute atomic E-state index is 4.98. The number of aromatic nitrogens is 3. The van der Waals surface area contributed by atoms with Gasteiger partial charge in [-0.15, -0.1) is 0 Å². The zero-order valence-corrected chi connectivity index (χ0v) is 31.8. The predicted molar refractivity (Wildman–Crippen MR) is 242 cm³/mol. The van der Waals surface area contributed by atoms with E-state index in [0.717, 1.165) is 40.7 Å². The fourth-order valence-corrected chi connectivity index (χ4v) is 8.74. The number of benzene rings is 9. The Morgan fingerprint density at radius 3 is 1.59 bits per heavy atom. The van der Waals surface area contributed by atoms with Gasteiger partial charge in [0.15, 0.2) is 17.5 Å². The van der Waals surface area contributed by atoms with E-state index in [1.165, 1.54) is 65.7 Å². The van der Waals surface area contributed by atoms with Crippen LogP contribution in [0.3, 0.4) is 0 Å². The molecule has 0 unspecified atom stereocenters. The van der Waals surface area contributed by atoms with Crippen molar-refractivity contribution in [3.8, 4) is 67.5 Å². The second kappa shape index (κ2) is 14.2. The van der Waals surface area contributed by atoms with Crippen LogP contribution in [0.15, 0.2) is 194 Å². The van der Waals surface area contributed by atoms with E-state index in [1.54, 1.807) is 0 Å². The zero-order chi connectivity index (χ0) is 38.4. The highest BCUT2D eigenvalue weighted by atomic mass is 15.0. The van der Waals surface area contributed by atoms with Crippen LogP contribution in [0.1, 0.15) is 17.5 Å². The maximum atomic E-state index is 4.98. The third-order valence-corrected chi connectivity index (χ3v) is 11.6. The Labute approximate surface area is 337 Å². The number of hydrogen-bond donors (Lipinski definition) is 0. The molecule has 0 bridgehead atoms. The van der Waals surface area contributed by atoms with Gasteiger partial charge in [0.25, 0.3) is 0 Å². The van der Waals surface area contributed by atoms with Gasteiger partial charge < -0.3 is 0 Å². The van der Waals surface area contributed by atoms with Gasteiger partial charge in [-0.3, -0.25) is 0 Å². The van der Waals surface area contributed by atoms with Crippen LogP contribution in [-0.2, 0) is 6.42 Å². The molecule has 0 N–H and O–H groups in total. The number of rotatable bonds is 6. The second-order valence-corrected chi connectivity index (χ2v) is 15.1. The molecule has 3 heteroatoms. The summed E-state index contributed by atoms with van der Waals surface area (Å²) in [5, 5.41) is 7.50. The highest BCUT2D eigenvalue weighted by molar-refractivity contribution is 6.24. The number of nitrogens with zero attached hydrogens (tertiary/aromatic N) is 3. The first kappa shape index (κ1) is 33.8. The summed E-state index contributed by atoms with van der Waals surface area (Å²) in [4.78, 5) is 14.9. The lowest BCUT2D eigenvalue weighted by molar-refractivity contribution is 0.986. The van der Waals surface area contributed by atoms with E-state index in [1.807, 2.05) is 60.7 Å². The molecule has 10 aromatic rings. The van der Waals surface area contributed by atoms with E-state index >= 15 is 0 Å².